The van der Waals surface area contributed by atoms with Gasteiger partial charge in [-0.05, 0) is 12.1 Å². The Kier molecular flexibility index (Phi) is 1.99. The Morgan fingerprint density at radius 3 is 2.40 bits per heavy atom. The number of carbonyl (C=O) groups is 1. The van der Waals surface area contributed by atoms with Gasteiger partial charge in [-0.25, -0.2) is 4.79 Å². The van der Waals surface area contributed by atoms with Crippen molar-refractivity contribution in [2.45, 2.75) is 0 Å². The molecule has 0 heterocycles. The topological polar surface area (TPSA) is 26.3 Å². The molecule has 0 unspecified atom stereocenters. The highest BCUT2D eigenvalue weighted by atomic mass is 19.1. The molecule has 0 N–H and O–H groups in total. The predicted molar refractivity (Wildman–Crippen MR) is 33.6 cm³/mol. The summed E-state index contributed by atoms with van der Waals surface area (Å²) in [5, 5.41) is 0. The largest absolute Gasteiger partial charge is 0.500 e. The molecule has 10 heavy (non-hydrogen) atoms. The maximum absolute atomic E-state index is 11.5. The number of hydrogen-bond acceptors (Lipinski definition) is 2. The molecule has 0 bridgehead atoms. The van der Waals surface area contributed by atoms with Crippen LogP contribution in [0.1, 0.15) is 0 Å². The van der Waals surface area contributed by atoms with Gasteiger partial charge in [0, 0.05) is 0 Å². The lowest BCUT2D eigenvalue weighted by Crippen LogP contribution is -1.96. The molecule has 1 aromatic rings. The summed E-state index contributed by atoms with van der Waals surface area (Å²) in [5.74, 6) is 0.218. The summed E-state index contributed by atoms with van der Waals surface area (Å²) in [6, 6.07) is 8.04. The summed E-state index contributed by atoms with van der Waals surface area (Å²) in [6.07, 6.45) is -1.79. The third-order valence-electron chi connectivity index (χ3n) is 0.941. The van der Waals surface area contributed by atoms with Gasteiger partial charge in [0.25, 0.3) is 0 Å². The molecule has 0 aliphatic rings. The van der Waals surface area contributed by atoms with E-state index in [1.165, 1.54) is 12.1 Å². The van der Waals surface area contributed by atoms with Crippen molar-refractivity contribution in [1.82, 2.24) is 0 Å². The van der Waals surface area contributed by atoms with E-state index >= 15 is 0 Å². The molecule has 3 heteroatoms. The first kappa shape index (κ1) is 6.74. The van der Waals surface area contributed by atoms with E-state index in [1.807, 2.05) is 0 Å². The quantitative estimate of drug-likeness (QED) is 0.558. The van der Waals surface area contributed by atoms with Crippen molar-refractivity contribution in [3.63, 3.8) is 0 Å². The van der Waals surface area contributed by atoms with Crippen LogP contribution in [0.4, 0.5) is 9.18 Å². The van der Waals surface area contributed by atoms with Crippen LogP contribution in [0.5, 0.6) is 5.75 Å². The summed E-state index contributed by atoms with van der Waals surface area (Å²) >= 11 is 0. The fourth-order valence-electron chi connectivity index (χ4n) is 0.581. The van der Waals surface area contributed by atoms with Gasteiger partial charge in [-0.1, -0.05) is 18.2 Å². The second-order valence-electron chi connectivity index (χ2n) is 1.65. The first-order valence-corrected chi connectivity index (χ1v) is 2.71. The molecule has 0 amide bonds. The minimum absolute atomic E-state index is 0.218. The lowest BCUT2D eigenvalue weighted by molar-refractivity contribution is 0.175. The number of hydrogen-bond donors (Lipinski definition) is 0. The summed E-state index contributed by atoms with van der Waals surface area (Å²) in [6.45, 7) is 0. The summed E-state index contributed by atoms with van der Waals surface area (Å²) in [5.41, 5.74) is 0. The SMILES string of the molecule is O=C(F)Oc1ccccc1. The summed E-state index contributed by atoms with van der Waals surface area (Å²) in [7, 11) is 0. The van der Waals surface area contributed by atoms with E-state index in [-0.39, 0.29) is 5.75 Å². The predicted octanol–water partition coefficient (Wildman–Crippen LogP) is 2.15. The maximum atomic E-state index is 11.5. The van der Waals surface area contributed by atoms with Crippen LogP contribution < -0.4 is 4.74 Å². The number of carbonyl (C=O) groups excluding carboxylic acids is 1. The van der Waals surface area contributed by atoms with Crippen molar-refractivity contribution in [2.75, 3.05) is 0 Å². The zero-order valence-electron chi connectivity index (χ0n) is 5.08. The molecule has 0 radical (unpaired) electrons. The Balaban J connectivity index is 2.67. The lowest BCUT2D eigenvalue weighted by Gasteiger charge is -1.94. The monoisotopic (exact) mass is 140 g/mol. The van der Waals surface area contributed by atoms with Crippen LogP contribution in [0.25, 0.3) is 0 Å². The van der Waals surface area contributed by atoms with E-state index in [4.69, 9.17) is 0 Å². The van der Waals surface area contributed by atoms with Crippen LogP contribution in [0.2, 0.25) is 0 Å². The average Bonchev–Trinajstić information content (AvgIpc) is 1.88. The Morgan fingerprint density at radius 2 is 1.90 bits per heavy atom. The third-order valence-corrected chi connectivity index (χ3v) is 0.941. The molecule has 0 aliphatic carbocycles. The normalized spacial score (nSPS) is 8.90. The molecule has 0 fully saturated rings. The maximum Gasteiger partial charge on any atom is 0.500 e. The second kappa shape index (κ2) is 2.96. The highest BCUT2D eigenvalue weighted by Crippen LogP contribution is 2.08. The van der Waals surface area contributed by atoms with Crippen LogP contribution in [-0.4, -0.2) is 6.22 Å². The van der Waals surface area contributed by atoms with Crippen molar-refractivity contribution in [1.29, 1.82) is 0 Å². The molecule has 52 valence electrons. The number of ether oxygens (including phenoxy) is 1. The fourth-order valence-corrected chi connectivity index (χ4v) is 0.581. The van der Waals surface area contributed by atoms with Gasteiger partial charge < -0.3 is 4.74 Å². The van der Waals surface area contributed by atoms with Gasteiger partial charge in [-0.2, -0.15) is 0 Å². The highest BCUT2D eigenvalue weighted by molar-refractivity contribution is 5.61. The molecule has 0 saturated heterocycles. The summed E-state index contributed by atoms with van der Waals surface area (Å²) in [4.78, 5) is 9.72. The van der Waals surface area contributed by atoms with E-state index in [9.17, 15) is 9.18 Å². The van der Waals surface area contributed by atoms with Crippen molar-refractivity contribution in [2.24, 2.45) is 0 Å². The van der Waals surface area contributed by atoms with Crippen LogP contribution in [-0.2, 0) is 0 Å². The number of rotatable bonds is 1. The number of halogens is 1. The molecule has 0 saturated carbocycles. The Bertz CT molecular complexity index is 220. The van der Waals surface area contributed by atoms with Gasteiger partial charge in [0.1, 0.15) is 5.75 Å². The Hall–Kier alpha value is -1.38. The smallest absolute Gasteiger partial charge is 0.401 e. The molecule has 0 spiro atoms. The van der Waals surface area contributed by atoms with E-state index in [1.54, 1.807) is 18.2 Å². The average molecular weight is 140 g/mol. The van der Waals surface area contributed by atoms with Crippen molar-refractivity contribution in [3.05, 3.63) is 30.3 Å². The van der Waals surface area contributed by atoms with E-state index in [0.717, 1.165) is 0 Å². The third kappa shape index (κ3) is 1.85. The van der Waals surface area contributed by atoms with Crippen LogP contribution in [0.3, 0.4) is 0 Å². The fraction of sp³-hybridized carbons (Fsp3) is 0. The van der Waals surface area contributed by atoms with E-state index in [2.05, 4.69) is 4.74 Å². The first-order valence-electron chi connectivity index (χ1n) is 2.71. The number of para-hydroxylation sites is 1. The number of benzene rings is 1. The highest BCUT2D eigenvalue weighted by Gasteiger charge is 1.97. The standard InChI is InChI=1S/C7H5FO2/c8-7(9)10-6-4-2-1-3-5-6/h1-5H. The molecule has 0 aromatic heterocycles. The van der Waals surface area contributed by atoms with Gasteiger partial charge in [-0.3, -0.25) is 0 Å². The molecular formula is C7H5FO2. The van der Waals surface area contributed by atoms with Crippen molar-refractivity contribution < 1.29 is 13.9 Å². The van der Waals surface area contributed by atoms with Gasteiger partial charge in [0.2, 0.25) is 0 Å². The Morgan fingerprint density at radius 1 is 1.30 bits per heavy atom. The minimum atomic E-state index is -1.79. The zero-order chi connectivity index (χ0) is 7.40. The zero-order valence-corrected chi connectivity index (χ0v) is 5.08. The lowest BCUT2D eigenvalue weighted by atomic mass is 10.3. The van der Waals surface area contributed by atoms with Gasteiger partial charge >= 0.3 is 6.22 Å². The van der Waals surface area contributed by atoms with Gasteiger partial charge in [0.15, 0.2) is 0 Å². The Labute approximate surface area is 57.2 Å². The van der Waals surface area contributed by atoms with Crippen molar-refractivity contribution >= 4 is 6.22 Å². The molecule has 1 aromatic carbocycles. The van der Waals surface area contributed by atoms with E-state index in [0.29, 0.717) is 0 Å². The molecule has 0 aliphatic heterocycles. The minimum Gasteiger partial charge on any atom is -0.401 e. The van der Waals surface area contributed by atoms with E-state index < -0.39 is 6.22 Å². The first-order chi connectivity index (χ1) is 4.79. The van der Waals surface area contributed by atoms with Gasteiger partial charge in [-0.15, -0.1) is 4.39 Å². The molecule has 2 nitrogen and oxygen atoms in total. The molecular weight excluding hydrogens is 135 g/mol. The van der Waals surface area contributed by atoms with Gasteiger partial charge in [0.05, 0.1) is 0 Å². The molecule has 0 atom stereocenters. The summed E-state index contributed by atoms with van der Waals surface area (Å²) < 4.78 is 15.6. The van der Waals surface area contributed by atoms with Crippen LogP contribution >= 0.6 is 0 Å². The van der Waals surface area contributed by atoms with Crippen LogP contribution in [0, 0.1) is 0 Å². The second-order valence-corrected chi connectivity index (χ2v) is 1.65. The van der Waals surface area contributed by atoms with Crippen LogP contribution in [0.15, 0.2) is 30.3 Å². The van der Waals surface area contributed by atoms with Crippen molar-refractivity contribution in [3.8, 4) is 5.75 Å². The molecule has 1 rings (SSSR count).